The third-order valence-corrected chi connectivity index (χ3v) is 5.39. The van der Waals surface area contributed by atoms with Gasteiger partial charge in [0.1, 0.15) is 0 Å². The van der Waals surface area contributed by atoms with Crippen LogP contribution in [0.15, 0.2) is 16.3 Å². The van der Waals surface area contributed by atoms with Crippen molar-refractivity contribution in [3.05, 3.63) is 16.3 Å². The molecule has 0 fully saturated rings. The second kappa shape index (κ2) is 5.77. The smallest absolute Gasteiger partial charge is 0.244 e. The van der Waals surface area contributed by atoms with Crippen LogP contribution < -0.4 is 0 Å². The summed E-state index contributed by atoms with van der Waals surface area (Å²) >= 11 is 1.27. The highest BCUT2D eigenvalue weighted by molar-refractivity contribution is 7.89. The standard InChI is InChI=1S/C10H17NO3S2/c1-3-6-11(4-2)16(13,14)10-5-7-15-9(10)8-12/h5,7,12H,3-4,6,8H2,1-2H3. The molecule has 0 saturated carbocycles. The van der Waals surface area contributed by atoms with E-state index in [0.717, 1.165) is 6.42 Å². The van der Waals surface area contributed by atoms with Crippen molar-refractivity contribution in [3.8, 4) is 0 Å². The predicted octanol–water partition coefficient (Wildman–Crippen LogP) is 1.66. The summed E-state index contributed by atoms with van der Waals surface area (Å²) < 4.78 is 25.9. The molecule has 0 radical (unpaired) electrons. The minimum absolute atomic E-state index is 0.226. The normalized spacial score (nSPS) is 12.2. The molecule has 92 valence electrons. The summed E-state index contributed by atoms with van der Waals surface area (Å²) in [6.07, 6.45) is 0.783. The van der Waals surface area contributed by atoms with Crippen molar-refractivity contribution in [3.63, 3.8) is 0 Å². The van der Waals surface area contributed by atoms with E-state index in [4.69, 9.17) is 5.11 Å². The highest BCUT2D eigenvalue weighted by Crippen LogP contribution is 2.25. The van der Waals surface area contributed by atoms with Gasteiger partial charge >= 0.3 is 0 Å². The fourth-order valence-electron chi connectivity index (χ4n) is 1.51. The van der Waals surface area contributed by atoms with Crippen molar-refractivity contribution in [2.75, 3.05) is 13.1 Å². The Morgan fingerprint density at radius 3 is 2.62 bits per heavy atom. The number of hydrogen-bond acceptors (Lipinski definition) is 4. The molecule has 1 aromatic heterocycles. The molecule has 0 amide bonds. The third kappa shape index (κ3) is 2.63. The Morgan fingerprint density at radius 2 is 2.12 bits per heavy atom. The fourth-order valence-corrected chi connectivity index (χ4v) is 4.32. The van der Waals surface area contributed by atoms with Crippen LogP contribution in [0.4, 0.5) is 0 Å². The molecule has 0 bridgehead atoms. The van der Waals surface area contributed by atoms with E-state index in [1.165, 1.54) is 15.6 Å². The molecule has 0 spiro atoms. The number of nitrogens with zero attached hydrogens (tertiary/aromatic N) is 1. The number of aliphatic hydroxyl groups excluding tert-OH is 1. The lowest BCUT2D eigenvalue weighted by molar-refractivity contribution is 0.282. The molecule has 4 nitrogen and oxygen atoms in total. The van der Waals surface area contributed by atoms with Crippen LogP contribution in [0.25, 0.3) is 0 Å². The first kappa shape index (κ1) is 13.6. The summed E-state index contributed by atoms with van der Waals surface area (Å²) in [7, 11) is -3.43. The Balaban J connectivity index is 3.09. The number of thiophene rings is 1. The molecule has 1 heterocycles. The first-order chi connectivity index (χ1) is 7.57. The average Bonchev–Trinajstić information content (AvgIpc) is 2.74. The molecule has 1 N–H and O–H groups in total. The molecule has 1 aromatic rings. The maximum atomic E-state index is 12.2. The summed E-state index contributed by atoms with van der Waals surface area (Å²) in [4.78, 5) is 0.754. The van der Waals surface area contributed by atoms with Crippen molar-refractivity contribution < 1.29 is 13.5 Å². The first-order valence-electron chi connectivity index (χ1n) is 5.25. The molecule has 0 atom stereocenters. The van der Waals surface area contributed by atoms with Crippen LogP contribution >= 0.6 is 11.3 Å². The van der Waals surface area contributed by atoms with Gasteiger partial charge in [-0.25, -0.2) is 8.42 Å². The number of sulfonamides is 1. The molecule has 0 aliphatic heterocycles. The largest absolute Gasteiger partial charge is 0.391 e. The van der Waals surface area contributed by atoms with E-state index in [1.54, 1.807) is 11.4 Å². The van der Waals surface area contributed by atoms with Crippen molar-refractivity contribution in [1.82, 2.24) is 4.31 Å². The van der Waals surface area contributed by atoms with E-state index in [0.29, 0.717) is 18.0 Å². The molecule has 0 unspecified atom stereocenters. The zero-order chi connectivity index (χ0) is 12.2. The predicted molar refractivity (Wildman–Crippen MR) is 65.0 cm³/mol. The zero-order valence-corrected chi connectivity index (χ0v) is 11.1. The van der Waals surface area contributed by atoms with Crippen LogP contribution in [0.1, 0.15) is 25.1 Å². The van der Waals surface area contributed by atoms with Crippen molar-refractivity contribution in [2.45, 2.75) is 31.8 Å². The summed E-state index contributed by atoms with van der Waals surface area (Å²) in [5.74, 6) is 0. The summed E-state index contributed by atoms with van der Waals surface area (Å²) in [5.41, 5.74) is 0. The van der Waals surface area contributed by atoms with Crippen LogP contribution in [0, 0.1) is 0 Å². The minimum Gasteiger partial charge on any atom is -0.391 e. The molecule has 0 aliphatic rings. The molecule has 0 saturated heterocycles. The second-order valence-electron chi connectivity index (χ2n) is 3.36. The molecular formula is C10H17NO3S2. The lowest BCUT2D eigenvalue weighted by Gasteiger charge is -2.19. The molecule has 1 rings (SSSR count). The highest BCUT2D eigenvalue weighted by Gasteiger charge is 2.25. The van der Waals surface area contributed by atoms with Gasteiger partial charge in [-0.05, 0) is 17.9 Å². The number of hydrogen-bond donors (Lipinski definition) is 1. The van der Waals surface area contributed by atoms with E-state index in [-0.39, 0.29) is 11.5 Å². The van der Waals surface area contributed by atoms with Crippen LogP contribution in [0.5, 0.6) is 0 Å². The first-order valence-corrected chi connectivity index (χ1v) is 7.57. The SMILES string of the molecule is CCCN(CC)S(=O)(=O)c1ccsc1CO. The Labute approximate surface area is 101 Å². The molecule has 0 aromatic carbocycles. The average molecular weight is 263 g/mol. The van der Waals surface area contributed by atoms with E-state index in [9.17, 15) is 8.42 Å². The van der Waals surface area contributed by atoms with Crippen molar-refractivity contribution in [2.24, 2.45) is 0 Å². The maximum Gasteiger partial charge on any atom is 0.244 e. The quantitative estimate of drug-likeness (QED) is 0.849. The van der Waals surface area contributed by atoms with Crippen LogP contribution in [0.3, 0.4) is 0 Å². The second-order valence-corrected chi connectivity index (χ2v) is 6.27. The molecule has 16 heavy (non-hydrogen) atoms. The topological polar surface area (TPSA) is 57.6 Å². The molecule has 0 aliphatic carbocycles. The van der Waals surface area contributed by atoms with Crippen molar-refractivity contribution in [1.29, 1.82) is 0 Å². The molecule has 6 heteroatoms. The third-order valence-electron chi connectivity index (χ3n) is 2.29. The van der Waals surface area contributed by atoms with Gasteiger partial charge in [0.15, 0.2) is 0 Å². The summed E-state index contributed by atoms with van der Waals surface area (Å²) in [6.45, 7) is 4.50. The van der Waals surface area contributed by atoms with E-state index < -0.39 is 10.0 Å². The highest BCUT2D eigenvalue weighted by atomic mass is 32.2. The van der Waals surface area contributed by atoms with Gasteiger partial charge in [-0.15, -0.1) is 11.3 Å². The Kier molecular flexibility index (Phi) is 4.91. The lowest BCUT2D eigenvalue weighted by Crippen LogP contribution is -2.31. The van der Waals surface area contributed by atoms with Crippen LogP contribution in [-0.2, 0) is 16.6 Å². The van der Waals surface area contributed by atoms with Gasteiger partial charge in [0.25, 0.3) is 0 Å². The Bertz CT molecular complexity index is 425. The zero-order valence-electron chi connectivity index (χ0n) is 9.51. The van der Waals surface area contributed by atoms with Gasteiger partial charge in [0, 0.05) is 18.0 Å². The van der Waals surface area contributed by atoms with Crippen LogP contribution in [-0.4, -0.2) is 30.9 Å². The lowest BCUT2D eigenvalue weighted by atomic mass is 10.5. The van der Waals surface area contributed by atoms with Crippen molar-refractivity contribution >= 4 is 21.4 Å². The van der Waals surface area contributed by atoms with Gasteiger partial charge in [-0.1, -0.05) is 13.8 Å². The monoisotopic (exact) mass is 263 g/mol. The van der Waals surface area contributed by atoms with E-state index in [1.807, 2.05) is 13.8 Å². The van der Waals surface area contributed by atoms with Gasteiger partial charge < -0.3 is 5.11 Å². The Hall–Kier alpha value is -0.430. The van der Waals surface area contributed by atoms with Gasteiger partial charge in [-0.3, -0.25) is 0 Å². The Morgan fingerprint density at radius 1 is 1.44 bits per heavy atom. The van der Waals surface area contributed by atoms with Gasteiger partial charge in [0.2, 0.25) is 10.0 Å². The van der Waals surface area contributed by atoms with Gasteiger partial charge in [0.05, 0.1) is 11.5 Å². The van der Waals surface area contributed by atoms with Crippen LogP contribution in [0.2, 0.25) is 0 Å². The summed E-state index contributed by atoms with van der Waals surface area (Å²) in [5, 5.41) is 10.8. The minimum atomic E-state index is -3.43. The fraction of sp³-hybridized carbons (Fsp3) is 0.600. The number of aliphatic hydroxyl groups is 1. The summed E-state index contributed by atoms with van der Waals surface area (Å²) in [6, 6.07) is 1.56. The van der Waals surface area contributed by atoms with Gasteiger partial charge in [-0.2, -0.15) is 4.31 Å². The molecular weight excluding hydrogens is 246 g/mol. The van der Waals surface area contributed by atoms with E-state index >= 15 is 0 Å². The number of rotatable bonds is 6. The maximum absolute atomic E-state index is 12.2. The van der Waals surface area contributed by atoms with E-state index in [2.05, 4.69) is 0 Å².